The Balaban J connectivity index is 1.99. The van der Waals surface area contributed by atoms with Crippen LogP contribution in [0.25, 0.3) is 0 Å². The molecule has 10 heteroatoms. The summed E-state index contributed by atoms with van der Waals surface area (Å²) in [7, 11) is 0.0210. The Hall–Kier alpha value is -3.43. The number of amides is 1. The van der Waals surface area contributed by atoms with Crippen molar-refractivity contribution in [3.05, 3.63) is 76.8 Å². The van der Waals surface area contributed by atoms with E-state index in [0.717, 1.165) is 15.4 Å². The van der Waals surface area contributed by atoms with E-state index in [1.807, 2.05) is 31.2 Å². The zero-order chi connectivity index (χ0) is 25.6. The normalized spacial score (nSPS) is 11.0. The van der Waals surface area contributed by atoms with Gasteiger partial charge in [0.25, 0.3) is 10.0 Å². The van der Waals surface area contributed by atoms with Crippen molar-refractivity contribution in [2.75, 3.05) is 32.2 Å². The van der Waals surface area contributed by atoms with Gasteiger partial charge in [-0.25, -0.2) is 8.42 Å². The summed E-state index contributed by atoms with van der Waals surface area (Å²) in [5.74, 6) is 0.339. The van der Waals surface area contributed by atoms with Crippen LogP contribution in [-0.2, 0) is 21.4 Å². The lowest BCUT2D eigenvalue weighted by molar-refractivity contribution is -0.119. The molecule has 3 aromatic rings. The maximum absolute atomic E-state index is 13.8. The van der Waals surface area contributed by atoms with Crippen LogP contribution in [0.3, 0.4) is 0 Å². The van der Waals surface area contributed by atoms with Crippen LogP contribution in [-0.4, -0.2) is 42.2 Å². The van der Waals surface area contributed by atoms with E-state index in [1.54, 1.807) is 12.1 Å². The van der Waals surface area contributed by atoms with Gasteiger partial charge in [0.1, 0.15) is 12.3 Å². The number of nitrogens with zero attached hydrogens (tertiary/aromatic N) is 1. The zero-order valence-corrected chi connectivity index (χ0v) is 21.4. The Kier molecular flexibility index (Phi) is 8.48. The molecule has 35 heavy (non-hydrogen) atoms. The minimum absolute atomic E-state index is 0.0940. The molecule has 0 aromatic heterocycles. The lowest BCUT2D eigenvalue weighted by Gasteiger charge is -2.26. The van der Waals surface area contributed by atoms with Gasteiger partial charge in [0.05, 0.1) is 31.9 Å². The number of carbonyl (C=O) groups is 1. The molecule has 0 fully saturated rings. The second-order valence-electron chi connectivity index (χ2n) is 7.61. The van der Waals surface area contributed by atoms with Crippen molar-refractivity contribution in [3.63, 3.8) is 0 Å². The Bertz CT molecular complexity index is 1300. The van der Waals surface area contributed by atoms with E-state index in [-0.39, 0.29) is 33.6 Å². The first-order valence-electron chi connectivity index (χ1n) is 10.6. The van der Waals surface area contributed by atoms with Crippen molar-refractivity contribution in [2.24, 2.45) is 0 Å². The molecule has 0 aliphatic carbocycles. The van der Waals surface area contributed by atoms with Crippen LogP contribution in [0.4, 0.5) is 5.69 Å². The SMILES string of the molecule is COc1ccc(S(=O)(=O)N(CC(=O)NCc2ccc(C)cc2)c2cc(Cl)ccc2OC)cc1OC. The summed E-state index contributed by atoms with van der Waals surface area (Å²) >= 11 is 6.18. The van der Waals surface area contributed by atoms with Gasteiger partial charge in [-0.1, -0.05) is 41.4 Å². The molecule has 0 saturated heterocycles. The number of aryl methyl sites for hydroxylation is 1. The van der Waals surface area contributed by atoms with E-state index in [1.165, 1.54) is 45.6 Å². The standard InChI is InChI=1S/C25H27ClN2O6S/c1-17-5-7-18(8-6-17)15-27-25(29)16-28(21-13-19(26)9-11-22(21)32-2)35(30,31)20-10-12-23(33-3)24(14-20)34-4/h5-14H,15-16H2,1-4H3,(H,27,29). The lowest BCUT2D eigenvalue weighted by atomic mass is 10.1. The first kappa shape index (κ1) is 26.2. The lowest BCUT2D eigenvalue weighted by Crippen LogP contribution is -2.40. The van der Waals surface area contributed by atoms with Gasteiger partial charge < -0.3 is 19.5 Å². The third-order valence-corrected chi connectivity index (χ3v) is 7.24. The summed E-state index contributed by atoms with van der Waals surface area (Å²) in [5, 5.41) is 3.06. The molecule has 0 aliphatic heterocycles. The molecular weight excluding hydrogens is 492 g/mol. The molecule has 0 aliphatic rings. The molecule has 0 bridgehead atoms. The zero-order valence-electron chi connectivity index (χ0n) is 19.9. The first-order valence-corrected chi connectivity index (χ1v) is 12.4. The van der Waals surface area contributed by atoms with Crippen LogP contribution >= 0.6 is 11.6 Å². The van der Waals surface area contributed by atoms with Gasteiger partial charge in [-0.2, -0.15) is 0 Å². The summed E-state index contributed by atoms with van der Waals surface area (Å²) in [6.07, 6.45) is 0. The number of nitrogens with one attached hydrogen (secondary N) is 1. The average molecular weight is 519 g/mol. The van der Waals surface area contributed by atoms with E-state index >= 15 is 0 Å². The summed E-state index contributed by atoms with van der Waals surface area (Å²) in [6, 6.07) is 16.4. The van der Waals surface area contributed by atoms with Gasteiger partial charge in [0.15, 0.2) is 11.5 Å². The number of benzene rings is 3. The second kappa shape index (κ2) is 11.3. The molecule has 0 saturated carbocycles. The van der Waals surface area contributed by atoms with E-state index in [4.69, 9.17) is 25.8 Å². The van der Waals surface area contributed by atoms with Gasteiger partial charge in [0, 0.05) is 17.6 Å². The quantitative estimate of drug-likeness (QED) is 0.432. The number of halogens is 1. The number of ether oxygens (including phenoxy) is 3. The predicted molar refractivity (Wildman–Crippen MR) is 135 cm³/mol. The highest BCUT2D eigenvalue weighted by Crippen LogP contribution is 2.36. The molecule has 3 rings (SSSR count). The topological polar surface area (TPSA) is 94.2 Å². The van der Waals surface area contributed by atoms with Gasteiger partial charge in [0.2, 0.25) is 5.91 Å². The third-order valence-electron chi connectivity index (χ3n) is 5.25. The van der Waals surface area contributed by atoms with Gasteiger partial charge in [-0.3, -0.25) is 9.10 Å². The van der Waals surface area contributed by atoms with Crippen molar-refractivity contribution in [2.45, 2.75) is 18.4 Å². The average Bonchev–Trinajstić information content (AvgIpc) is 2.86. The number of rotatable bonds is 10. The Morgan fingerprint density at radius 1 is 0.886 bits per heavy atom. The van der Waals surface area contributed by atoms with Crippen LogP contribution in [0.2, 0.25) is 5.02 Å². The molecule has 0 spiro atoms. The highest BCUT2D eigenvalue weighted by Gasteiger charge is 2.30. The maximum atomic E-state index is 13.8. The summed E-state index contributed by atoms with van der Waals surface area (Å²) in [4.78, 5) is 12.8. The summed E-state index contributed by atoms with van der Waals surface area (Å²) in [6.45, 7) is 1.72. The maximum Gasteiger partial charge on any atom is 0.265 e. The fourth-order valence-corrected chi connectivity index (χ4v) is 4.96. The monoisotopic (exact) mass is 518 g/mol. The summed E-state index contributed by atoms with van der Waals surface area (Å²) in [5.41, 5.74) is 2.11. The highest BCUT2D eigenvalue weighted by molar-refractivity contribution is 7.92. The highest BCUT2D eigenvalue weighted by atomic mass is 35.5. The number of methoxy groups -OCH3 is 3. The third kappa shape index (κ3) is 6.17. The number of sulfonamides is 1. The second-order valence-corrected chi connectivity index (χ2v) is 9.91. The van der Waals surface area contributed by atoms with E-state index in [9.17, 15) is 13.2 Å². The van der Waals surface area contributed by atoms with Crippen molar-refractivity contribution in [3.8, 4) is 17.2 Å². The molecular formula is C25H27ClN2O6S. The van der Waals surface area contributed by atoms with E-state index in [0.29, 0.717) is 5.75 Å². The van der Waals surface area contributed by atoms with Gasteiger partial charge in [-0.15, -0.1) is 0 Å². The van der Waals surface area contributed by atoms with Crippen molar-refractivity contribution in [1.82, 2.24) is 5.32 Å². The smallest absolute Gasteiger partial charge is 0.265 e. The molecule has 1 amide bonds. The Labute approximate surface area is 210 Å². The summed E-state index contributed by atoms with van der Waals surface area (Å²) < 4.78 is 44.4. The largest absolute Gasteiger partial charge is 0.495 e. The first-order chi connectivity index (χ1) is 16.7. The van der Waals surface area contributed by atoms with Gasteiger partial charge in [-0.05, 0) is 42.8 Å². The number of carbonyl (C=O) groups excluding carboxylic acids is 1. The van der Waals surface area contributed by atoms with Gasteiger partial charge >= 0.3 is 0 Å². The molecule has 3 aromatic carbocycles. The van der Waals surface area contributed by atoms with Crippen molar-refractivity contribution >= 4 is 33.2 Å². The Morgan fingerprint density at radius 2 is 1.51 bits per heavy atom. The Morgan fingerprint density at radius 3 is 2.14 bits per heavy atom. The predicted octanol–water partition coefficient (Wildman–Crippen LogP) is 4.19. The molecule has 8 nitrogen and oxygen atoms in total. The van der Waals surface area contributed by atoms with Crippen molar-refractivity contribution < 1.29 is 27.4 Å². The minimum Gasteiger partial charge on any atom is -0.495 e. The van der Waals surface area contributed by atoms with Crippen LogP contribution in [0.5, 0.6) is 17.2 Å². The fraction of sp³-hybridized carbons (Fsp3) is 0.240. The van der Waals surface area contributed by atoms with Crippen LogP contribution in [0.1, 0.15) is 11.1 Å². The minimum atomic E-state index is -4.25. The van der Waals surface area contributed by atoms with Crippen LogP contribution < -0.4 is 23.8 Å². The molecule has 0 atom stereocenters. The molecule has 0 radical (unpaired) electrons. The van der Waals surface area contributed by atoms with E-state index < -0.39 is 22.5 Å². The molecule has 1 N–H and O–H groups in total. The number of anilines is 1. The van der Waals surface area contributed by atoms with Crippen LogP contribution in [0.15, 0.2) is 65.6 Å². The van der Waals surface area contributed by atoms with Crippen LogP contribution in [0, 0.1) is 6.92 Å². The molecule has 0 heterocycles. The van der Waals surface area contributed by atoms with Crippen molar-refractivity contribution in [1.29, 1.82) is 0 Å². The number of hydrogen-bond acceptors (Lipinski definition) is 6. The number of hydrogen-bond donors (Lipinski definition) is 1. The molecule has 0 unspecified atom stereocenters. The van der Waals surface area contributed by atoms with E-state index in [2.05, 4.69) is 5.32 Å². The fourth-order valence-electron chi connectivity index (χ4n) is 3.35. The molecule has 186 valence electrons.